The van der Waals surface area contributed by atoms with Crippen molar-refractivity contribution in [1.29, 1.82) is 0 Å². The van der Waals surface area contributed by atoms with Crippen molar-refractivity contribution in [3.05, 3.63) is 40.0 Å². The van der Waals surface area contributed by atoms with Gasteiger partial charge in [0.25, 0.3) is 5.69 Å². The van der Waals surface area contributed by atoms with Crippen LogP contribution < -0.4 is 4.90 Å². The molecule has 4 rings (SSSR count). The molecule has 0 radical (unpaired) electrons. The molecule has 2 fully saturated rings. The van der Waals surface area contributed by atoms with Crippen LogP contribution in [0.3, 0.4) is 0 Å². The van der Waals surface area contributed by atoms with Crippen LogP contribution in [0.25, 0.3) is 0 Å². The summed E-state index contributed by atoms with van der Waals surface area (Å²) in [6.07, 6.45) is 3.91. The van der Waals surface area contributed by atoms with Gasteiger partial charge in [0, 0.05) is 44.1 Å². The van der Waals surface area contributed by atoms with Crippen molar-refractivity contribution in [2.24, 2.45) is 0 Å². The molecule has 11 heteroatoms. The van der Waals surface area contributed by atoms with Crippen molar-refractivity contribution in [3.63, 3.8) is 0 Å². The Morgan fingerprint density at radius 2 is 1.84 bits per heavy atom. The second-order valence-electron chi connectivity index (χ2n) is 8.11. The molecule has 2 aromatic rings. The summed E-state index contributed by atoms with van der Waals surface area (Å²) in [5.74, 6) is 2.55. The van der Waals surface area contributed by atoms with Crippen LogP contribution in [0.15, 0.2) is 23.1 Å². The molecule has 1 N–H and O–H groups in total. The van der Waals surface area contributed by atoms with Gasteiger partial charge in [0.2, 0.25) is 10.0 Å². The number of aromatic amines is 1. The maximum absolute atomic E-state index is 12.8. The van der Waals surface area contributed by atoms with Crippen LogP contribution >= 0.6 is 0 Å². The molecule has 31 heavy (non-hydrogen) atoms. The smallest absolute Gasteiger partial charge is 0.293 e. The standard InChI is InChI=1S/C20H28N6O4S/c1-3-25(4-2)31(29,30)16-7-8-17(18(13-16)26(27)28)24-11-9-15(10-12-24)20-21-19(22-23-20)14-5-6-14/h7-8,13-15H,3-6,9-12H2,1-2H3,(H,21,22,23). The van der Waals surface area contributed by atoms with Crippen molar-refractivity contribution in [2.45, 2.75) is 56.3 Å². The molecule has 2 heterocycles. The third-order valence-electron chi connectivity index (χ3n) is 6.17. The molecule has 1 aliphatic carbocycles. The van der Waals surface area contributed by atoms with E-state index in [4.69, 9.17) is 0 Å². The number of nitrogens with one attached hydrogen (secondary N) is 1. The zero-order chi connectivity index (χ0) is 22.2. The third kappa shape index (κ3) is 4.29. The molecule has 0 amide bonds. The van der Waals surface area contributed by atoms with Gasteiger partial charge in [-0.3, -0.25) is 15.2 Å². The van der Waals surface area contributed by atoms with Crippen LogP contribution in [-0.4, -0.2) is 59.0 Å². The van der Waals surface area contributed by atoms with Crippen LogP contribution in [0.5, 0.6) is 0 Å². The van der Waals surface area contributed by atoms with Gasteiger partial charge < -0.3 is 4.90 Å². The number of nitro benzene ring substituents is 1. The van der Waals surface area contributed by atoms with E-state index in [-0.39, 0.29) is 16.5 Å². The number of hydrogen-bond donors (Lipinski definition) is 1. The van der Waals surface area contributed by atoms with Gasteiger partial charge in [-0.05, 0) is 37.8 Å². The number of nitro groups is 1. The molecule has 168 valence electrons. The lowest BCUT2D eigenvalue weighted by Crippen LogP contribution is -2.34. The highest BCUT2D eigenvalue weighted by molar-refractivity contribution is 7.89. The zero-order valence-corrected chi connectivity index (χ0v) is 18.6. The van der Waals surface area contributed by atoms with Crippen LogP contribution in [0.2, 0.25) is 0 Å². The average molecular weight is 449 g/mol. The summed E-state index contributed by atoms with van der Waals surface area (Å²) in [6.45, 7) is 5.38. The number of H-pyrrole nitrogens is 1. The lowest BCUT2D eigenvalue weighted by atomic mass is 9.95. The molecule has 0 atom stereocenters. The predicted molar refractivity (Wildman–Crippen MR) is 116 cm³/mol. The van der Waals surface area contributed by atoms with Gasteiger partial charge in [0.05, 0.1) is 9.82 Å². The molecule has 1 saturated carbocycles. The Bertz CT molecular complexity index is 1050. The Morgan fingerprint density at radius 3 is 2.42 bits per heavy atom. The highest BCUT2D eigenvalue weighted by atomic mass is 32.2. The molecule has 1 aromatic heterocycles. The van der Waals surface area contributed by atoms with E-state index in [9.17, 15) is 18.5 Å². The lowest BCUT2D eigenvalue weighted by molar-refractivity contribution is -0.384. The van der Waals surface area contributed by atoms with Crippen LogP contribution in [0, 0.1) is 10.1 Å². The van der Waals surface area contributed by atoms with Gasteiger partial charge in [0.15, 0.2) is 5.82 Å². The molecular weight excluding hydrogens is 420 g/mol. The minimum atomic E-state index is -3.76. The molecular formula is C20H28N6O4S. The number of benzene rings is 1. The number of aromatic nitrogens is 3. The molecule has 0 spiro atoms. The molecule has 0 unspecified atom stereocenters. The summed E-state index contributed by atoms with van der Waals surface area (Å²) in [5, 5.41) is 19.2. The monoisotopic (exact) mass is 448 g/mol. The fourth-order valence-electron chi connectivity index (χ4n) is 4.18. The minimum Gasteiger partial charge on any atom is -0.366 e. The van der Waals surface area contributed by atoms with E-state index in [1.165, 1.54) is 16.4 Å². The van der Waals surface area contributed by atoms with E-state index >= 15 is 0 Å². The first-order chi connectivity index (χ1) is 14.8. The van der Waals surface area contributed by atoms with Crippen LogP contribution in [0.1, 0.15) is 63.0 Å². The van der Waals surface area contributed by atoms with Crippen molar-refractivity contribution < 1.29 is 13.3 Å². The van der Waals surface area contributed by atoms with Crippen molar-refractivity contribution in [1.82, 2.24) is 19.5 Å². The van der Waals surface area contributed by atoms with E-state index in [1.54, 1.807) is 19.9 Å². The molecule has 1 aromatic carbocycles. The highest BCUT2D eigenvalue weighted by Crippen LogP contribution is 2.39. The second-order valence-corrected chi connectivity index (χ2v) is 10.0. The molecule has 2 aliphatic rings. The van der Waals surface area contributed by atoms with Gasteiger partial charge in [-0.25, -0.2) is 13.4 Å². The third-order valence-corrected chi connectivity index (χ3v) is 8.22. The normalized spacial score (nSPS) is 18.0. The predicted octanol–water partition coefficient (Wildman–Crippen LogP) is 3.00. The van der Waals surface area contributed by atoms with Crippen LogP contribution in [-0.2, 0) is 10.0 Å². The van der Waals surface area contributed by atoms with Crippen molar-refractivity contribution >= 4 is 21.4 Å². The first-order valence-electron chi connectivity index (χ1n) is 10.8. The Morgan fingerprint density at radius 1 is 1.16 bits per heavy atom. The van der Waals surface area contributed by atoms with E-state index in [1.807, 2.05) is 4.90 Å². The van der Waals surface area contributed by atoms with Gasteiger partial charge in [-0.1, -0.05) is 13.8 Å². The number of rotatable bonds is 8. The highest BCUT2D eigenvalue weighted by Gasteiger charge is 2.32. The van der Waals surface area contributed by atoms with Gasteiger partial charge in [0.1, 0.15) is 11.5 Å². The SMILES string of the molecule is CCN(CC)S(=O)(=O)c1ccc(N2CCC(c3nc(C4CC4)n[nH]3)CC2)c([N+](=O)[O-])c1. The topological polar surface area (TPSA) is 125 Å². The van der Waals surface area contributed by atoms with Gasteiger partial charge in [-0.2, -0.15) is 9.40 Å². The Balaban J connectivity index is 1.52. The van der Waals surface area contributed by atoms with E-state index in [0.29, 0.717) is 37.8 Å². The number of nitrogens with zero attached hydrogens (tertiary/aromatic N) is 5. The minimum absolute atomic E-state index is 0.0456. The fraction of sp³-hybridized carbons (Fsp3) is 0.600. The number of sulfonamides is 1. The average Bonchev–Trinajstić information content (AvgIpc) is 3.50. The summed E-state index contributed by atoms with van der Waals surface area (Å²) in [7, 11) is -3.76. The van der Waals surface area contributed by atoms with E-state index in [2.05, 4.69) is 15.2 Å². The first kappa shape index (κ1) is 21.7. The largest absolute Gasteiger partial charge is 0.366 e. The van der Waals surface area contributed by atoms with Crippen molar-refractivity contribution in [2.75, 3.05) is 31.1 Å². The molecule has 0 bridgehead atoms. The maximum Gasteiger partial charge on any atom is 0.293 e. The summed E-state index contributed by atoms with van der Waals surface area (Å²) in [5.41, 5.74) is 0.278. The first-order valence-corrected chi connectivity index (χ1v) is 12.2. The summed E-state index contributed by atoms with van der Waals surface area (Å²) < 4.78 is 26.9. The summed E-state index contributed by atoms with van der Waals surface area (Å²) in [6, 6.07) is 4.22. The molecule has 1 aliphatic heterocycles. The van der Waals surface area contributed by atoms with Crippen molar-refractivity contribution in [3.8, 4) is 0 Å². The fourth-order valence-corrected chi connectivity index (χ4v) is 5.66. The van der Waals surface area contributed by atoms with Gasteiger partial charge in [-0.15, -0.1) is 0 Å². The Labute approximate surface area is 181 Å². The summed E-state index contributed by atoms with van der Waals surface area (Å²) >= 11 is 0. The van der Waals surface area contributed by atoms with Crippen LogP contribution in [0.4, 0.5) is 11.4 Å². The number of hydrogen-bond acceptors (Lipinski definition) is 7. The maximum atomic E-state index is 12.8. The van der Waals surface area contributed by atoms with Gasteiger partial charge >= 0.3 is 0 Å². The molecule has 1 saturated heterocycles. The number of piperidine rings is 1. The second kappa shape index (κ2) is 8.54. The Kier molecular flexibility index (Phi) is 5.98. The quantitative estimate of drug-likeness (QED) is 0.486. The zero-order valence-electron chi connectivity index (χ0n) is 17.8. The molecule has 10 nitrogen and oxygen atoms in total. The lowest BCUT2D eigenvalue weighted by Gasteiger charge is -2.32. The summed E-state index contributed by atoms with van der Waals surface area (Å²) in [4.78, 5) is 17.8. The van der Waals surface area contributed by atoms with E-state index in [0.717, 1.165) is 37.3 Å². The Hall–Kier alpha value is -2.53. The van der Waals surface area contributed by atoms with E-state index < -0.39 is 14.9 Å². The number of anilines is 1.